The van der Waals surface area contributed by atoms with Gasteiger partial charge in [0.2, 0.25) is 0 Å². The number of esters is 1. The van der Waals surface area contributed by atoms with Gasteiger partial charge in [-0.3, -0.25) is 9.79 Å². The molecule has 0 saturated carbocycles. The predicted molar refractivity (Wildman–Crippen MR) is 133 cm³/mol. The number of hydrogen-bond donors (Lipinski definition) is 1. The Morgan fingerprint density at radius 3 is 2.48 bits per heavy atom. The predicted octanol–water partition coefficient (Wildman–Crippen LogP) is 3.35. The fourth-order valence-electron chi connectivity index (χ4n) is 4.17. The molecule has 0 aromatic rings. The lowest BCUT2D eigenvalue weighted by molar-refractivity contribution is -0.145. The van der Waals surface area contributed by atoms with Gasteiger partial charge in [-0.1, -0.05) is 6.92 Å². The van der Waals surface area contributed by atoms with Crippen LogP contribution in [0.1, 0.15) is 53.9 Å². The number of rotatable bonds is 5. The number of piperidine rings is 1. The fraction of sp³-hybridized carbons (Fsp3) is 0.864. The van der Waals surface area contributed by atoms with Crippen molar-refractivity contribution in [1.29, 1.82) is 0 Å². The Morgan fingerprint density at radius 1 is 1.16 bits per heavy atom. The van der Waals surface area contributed by atoms with E-state index in [0.717, 1.165) is 51.4 Å². The summed E-state index contributed by atoms with van der Waals surface area (Å²) in [5, 5.41) is 3.35. The van der Waals surface area contributed by atoms with Gasteiger partial charge in [-0.05, 0) is 58.8 Å². The molecule has 0 aromatic carbocycles. The van der Waals surface area contributed by atoms with E-state index in [0.29, 0.717) is 19.0 Å². The van der Waals surface area contributed by atoms with E-state index in [4.69, 9.17) is 14.5 Å². The summed E-state index contributed by atoms with van der Waals surface area (Å²) < 4.78 is 10.5. The van der Waals surface area contributed by atoms with E-state index in [-0.39, 0.29) is 47.9 Å². The largest absolute Gasteiger partial charge is 0.469 e. The number of carbonyl (C=O) groups excluding carboxylic acids is 2. The van der Waals surface area contributed by atoms with Crippen LogP contribution in [0.5, 0.6) is 0 Å². The molecular weight excluding hydrogens is 511 g/mol. The van der Waals surface area contributed by atoms with Crippen LogP contribution in [-0.4, -0.2) is 79.8 Å². The maximum Gasteiger partial charge on any atom is 0.410 e. The molecule has 31 heavy (non-hydrogen) atoms. The highest BCUT2D eigenvalue weighted by Gasteiger charge is 2.37. The van der Waals surface area contributed by atoms with E-state index >= 15 is 0 Å². The van der Waals surface area contributed by atoms with Gasteiger partial charge in [0, 0.05) is 39.3 Å². The van der Waals surface area contributed by atoms with E-state index in [1.165, 1.54) is 7.11 Å². The van der Waals surface area contributed by atoms with Crippen LogP contribution in [0, 0.1) is 17.8 Å². The minimum atomic E-state index is -0.468. The summed E-state index contributed by atoms with van der Waals surface area (Å²) in [5.41, 5.74) is -0.468. The third kappa shape index (κ3) is 8.65. The number of carbonyl (C=O) groups is 2. The number of methoxy groups -OCH3 is 1. The van der Waals surface area contributed by atoms with Crippen LogP contribution in [0.3, 0.4) is 0 Å². The fourth-order valence-corrected chi connectivity index (χ4v) is 4.17. The highest BCUT2D eigenvalue weighted by atomic mass is 127. The molecule has 0 bridgehead atoms. The van der Waals surface area contributed by atoms with E-state index in [1.54, 1.807) is 0 Å². The lowest BCUT2D eigenvalue weighted by Crippen LogP contribution is -2.43. The summed E-state index contributed by atoms with van der Waals surface area (Å²) >= 11 is 0. The first-order valence-corrected chi connectivity index (χ1v) is 11.2. The maximum atomic E-state index is 12.4. The van der Waals surface area contributed by atoms with Crippen LogP contribution in [0.25, 0.3) is 0 Å². The summed E-state index contributed by atoms with van der Waals surface area (Å²) in [6.07, 6.45) is 2.82. The van der Waals surface area contributed by atoms with Gasteiger partial charge in [0.15, 0.2) is 5.96 Å². The molecule has 3 atom stereocenters. The standard InChI is InChI=1S/C22H40N4O4.HI/c1-7-23-20(26-13-16(2)18(15-26)19(27)29-6)24-11-10-17-9-8-12-25(14-17)21(28)30-22(3,4)5;/h16-18H,7-15H2,1-6H3,(H,23,24);1H. The Bertz CT molecular complexity index is 623. The van der Waals surface area contributed by atoms with Gasteiger partial charge < -0.3 is 24.6 Å². The summed E-state index contributed by atoms with van der Waals surface area (Å²) in [5.74, 6) is 1.26. The van der Waals surface area contributed by atoms with Crippen molar-refractivity contribution in [3.05, 3.63) is 0 Å². The Labute approximate surface area is 204 Å². The van der Waals surface area contributed by atoms with Crippen molar-refractivity contribution in [2.45, 2.75) is 59.5 Å². The number of nitrogens with one attached hydrogen (secondary N) is 1. The second-order valence-electron chi connectivity index (χ2n) is 9.47. The van der Waals surface area contributed by atoms with Crippen LogP contribution < -0.4 is 5.32 Å². The Hall–Kier alpha value is -1.26. The highest BCUT2D eigenvalue weighted by molar-refractivity contribution is 14.0. The van der Waals surface area contributed by atoms with Gasteiger partial charge in [-0.15, -0.1) is 24.0 Å². The Morgan fingerprint density at radius 2 is 1.87 bits per heavy atom. The second kappa shape index (κ2) is 12.7. The van der Waals surface area contributed by atoms with Crippen molar-refractivity contribution in [2.75, 3.05) is 46.4 Å². The molecule has 2 fully saturated rings. The average Bonchev–Trinajstić information content (AvgIpc) is 3.07. The average molecular weight is 552 g/mol. The van der Waals surface area contributed by atoms with Gasteiger partial charge >= 0.3 is 12.1 Å². The molecular formula is C22H41IN4O4. The smallest absolute Gasteiger partial charge is 0.410 e. The van der Waals surface area contributed by atoms with Crippen LogP contribution in [0.15, 0.2) is 4.99 Å². The first-order chi connectivity index (χ1) is 14.1. The summed E-state index contributed by atoms with van der Waals surface area (Å²) in [4.78, 5) is 33.2. The third-order valence-electron chi connectivity index (χ3n) is 5.72. The van der Waals surface area contributed by atoms with Crippen molar-refractivity contribution in [2.24, 2.45) is 22.7 Å². The zero-order valence-corrected chi connectivity index (χ0v) is 22.3. The topological polar surface area (TPSA) is 83.5 Å². The van der Waals surface area contributed by atoms with Crippen molar-refractivity contribution >= 4 is 42.0 Å². The first kappa shape index (κ1) is 27.8. The van der Waals surface area contributed by atoms with Gasteiger partial charge in [0.05, 0.1) is 13.0 Å². The van der Waals surface area contributed by atoms with Gasteiger partial charge in [-0.2, -0.15) is 0 Å². The molecule has 0 radical (unpaired) electrons. The van der Waals surface area contributed by atoms with Crippen molar-refractivity contribution in [3.8, 4) is 0 Å². The molecule has 2 aliphatic heterocycles. The molecule has 1 N–H and O–H groups in total. The van der Waals surface area contributed by atoms with Gasteiger partial charge in [0.1, 0.15) is 5.60 Å². The Kier molecular flexibility index (Phi) is 11.4. The van der Waals surface area contributed by atoms with E-state index in [9.17, 15) is 9.59 Å². The number of likely N-dealkylation sites (tertiary alicyclic amines) is 2. The number of aliphatic imine (C=N–C) groups is 1. The van der Waals surface area contributed by atoms with Crippen molar-refractivity contribution in [3.63, 3.8) is 0 Å². The minimum absolute atomic E-state index is 0. The quantitative estimate of drug-likeness (QED) is 0.244. The van der Waals surface area contributed by atoms with Crippen molar-refractivity contribution in [1.82, 2.24) is 15.1 Å². The lowest BCUT2D eigenvalue weighted by Gasteiger charge is -2.34. The van der Waals surface area contributed by atoms with Gasteiger partial charge in [0.25, 0.3) is 0 Å². The van der Waals surface area contributed by atoms with E-state index in [1.807, 2.05) is 32.6 Å². The number of ether oxygens (including phenoxy) is 2. The lowest BCUT2D eigenvalue weighted by atomic mass is 9.95. The molecule has 0 spiro atoms. The van der Waals surface area contributed by atoms with Gasteiger partial charge in [-0.25, -0.2) is 4.79 Å². The molecule has 8 nitrogen and oxygen atoms in total. The third-order valence-corrected chi connectivity index (χ3v) is 5.72. The molecule has 0 aromatic heterocycles. The summed E-state index contributed by atoms with van der Waals surface area (Å²) in [6, 6.07) is 0. The Balaban J connectivity index is 0.00000480. The number of guanidine groups is 1. The minimum Gasteiger partial charge on any atom is -0.469 e. The normalized spacial score (nSPS) is 24.5. The molecule has 3 unspecified atom stereocenters. The van der Waals surface area contributed by atoms with Crippen LogP contribution in [0.4, 0.5) is 4.79 Å². The van der Waals surface area contributed by atoms with Crippen LogP contribution >= 0.6 is 24.0 Å². The van der Waals surface area contributed by atoms with Crippen molar-refractivity contribution < 1.29 is 19.1 Å². The molecule has 2 saturated heterocycles. The molecule has 2 heterocycles. The molecule has 0 aliphatic carbocycles. The van der Waals surface area contributed by atoms with Crippen LogP contribution in [-0.2, 0) is 14.3 Å². The van der Waals surface area contributed by atoms with E-state index < -0.39 is 5.60 Å². The molecule has 1 amide bonds. The first-order valence-electron chi connectivity index (χ1n) is 11.2. The monoisotopic (exact) mass is 552 g/mol. The zero-order chi connectivity index (χ0) is 22.3. The number of amides is 1. The zero-order valence-electron chi connectivity index (χ0n) is 20.0. The highest BCUT2D eigenvalue weighted by Crippen LogP contribution is 2.25. The molecule has 180 valence electrons. The van der Waals surface area contributed by atoms with E-state index in [2.05, 4.69) is 17.1 Å². The second-order valence-corrected chi connectivity index (χ2v) is 9.47. The number of halogens is 1. The SMILES string of the molecule is CCNC(=NCCC1CCCN(C(=O)OC(C)(C)C)C1)N1CC(C)C(C(=O)OC)C1.I. The summed E-state index contributed by atoms with van der Waals surface area (Å²) in [7, 11) is 1.45. The molecule has 2 aliphatic rings. The number of nitrogens with zero attached hydrogens (tertiary/aromatic N) is 3. The molecule has 2 rings (SSSR count). The maximum absolute atomic E-state index is 12.4. The number of hydrogen-bond acceptors (Lipinski definition) is 5. The summed E-state index contributed by atoms with van der Waals surface area (Å²) in [6.45, 7) is 14.2. The van der Waals surface area contributed by atoms with Crippen LogP contribution in [0.2, 0.25) is 0 Å². The molecule has 9 heteroatoms.